The molecule has 19 heavy (non-hydrogen) atoms. The number of rotatable bonds is 7. The third-order valence-corrected chi connectivity index (χ3v) is 3.86. The third kappa shape index (κ3) is 3.71. The number of para-hydroxylation sites is 1. The van der Waals surface area contributed by atoms with Crippen LogP contribution in [-0.2, 0) is 0 Å². The Bertz CT molecular complexity index is 417. The van der Waals surface area contributed by atoms with Crippen LogP contribution in [0.5, 0.6) is 0 Å². The van der Waals surface area contributed by atoms with Crippen LogP contribution >= 0.6 is 0 Å². The van der Waals surface area contributed by atoms with Crippen molar-refractivity contribution >= 4 is 5.69 Å². The summed E-state index contributed by atoms with van der Waals surface area (Å²) in [5.41, 5.74) is 2.33. The fourth-order valence-electron chi connectivity index (χ4n) is 2.57. The van der Waals surface area contributed by atoms with Crippen LogP contribution in [0.1, 0.15) is 32.3 Å². The van der Waals surface area contributed by atoms with E-state index in [-0.39, 0.29) is 12.1 Å². The summed E-state index contributed by atoms with van der Waals surface area (Å²) < 4.78 is 0. The summed E-state index contributed by atoms with van der Waals surface area (Å²) >= 11 is 0. The first kappa shape index (κ1) is 14.4. The van der Waals surface area contributed by atoms with Gasteiger partial charge in [0.1, 0.15) is 0 Å². The number of aliphatic hydroxyl groups is 1. The predicted octanol–water partition coefficient (Wildman–Crippen LogP) is 2.32. The van der Waals surface area contributed by atoms with Crippen LogP contribution in [0.3, 0.4) is 0 Å². The fourth-order valence-corrected chi connectivity index (χ4v) is 2.57. The van der Waals surface area contributed by atoms with Gasteiger partial charge in [-0.05, 0) is 45.2 Å². The van der Waals surface area contributed by atoms with Gasteiger partial charge in [-0.3, -0.25) is 0 Å². The number of aryl methyl sites for hydroxylation is 1. The molecule has 0 saturated heterocycles. The largest absolute Gasteiger partial charge is 0.394 e. The molecule has 1 atom stereocenters. The molecule has 0 bridgehead atoms. The topological polar surface area (TPSA) is 35.5 Å². The lowest BCUT2D eigenvalue weighted by Gasteiger charge is -2.36. The van der Waals surface area contributed by atoms with E-state index in [1.807, 2.05) is 0 Å². The molecule has 1 saturated carbocycles. The summed E-state index contributed by atoms with van der Waals surface area (Å²) in [6.45, 7) is 8.39. The fraction of sp³-hybridized carbons (Fsp3) is 0.625. The Morgan fingerprint density at radius 3 is 2.58 bits per heavy atom. The molecule has 0 aliphatic heterocycles. The summed E-state index contributed by atoms with van der Waals surface area (Å²) in [5.74, 6) is 0. The molecule has 3 nitrogen and oxygen atoms in total. The van der Waals surface area contributed by atoms with Crippen LogP contribution in [-0.4, -0.2) is 36.4 Å². The molecular formula is C16H26N2O. The summed E-state index contributed by atoms with van der Waals surface area (Å²) in [6, 6.07) is 9.06. The van der Waals surface area contributed by atoms with Crippen LogP contribution in [0.15, 0.2) is 24.3 Å². The van der Waals surface area contributed by atoms with Crippen molar-refractivity contribution in [2.45, 2.75) is 45.2 Å². The van der Waals surface area contributed by atoms with Crippen molar-refractivity contribution in [3.05, 3.63) is 29.8 Å². The molecule has 1 fully saturated rings. The van der Waals surface area contributed by atoms with Crippen LogP contribution < -0.4 is 10.2 Å². The Kier molecular flexibility index (Phi) is 4.48. The molecule has 0 spiro atoms. The van der Waals surface area contributed by atoms with E-state index in [9.17, 15) is 5.11 Å². The second kappa shape index (κ2) is 5.93. The highest BCUT2D eigenvalue weighted by Crippen LogP contribution is 2.25. The number of likely N-dealkylation sites (N-methyl/N-ethyl adjacent to an activating group) is 1. The zero-order valence-electron chi connectivity index (χ0n) is 12.3. The van der Waals surface area contributed by atoms with E-state index >= 15 is 0 Å². The molecule has 2 rings (SSSR count). The first-order chi connectivity index (χ1) is 9.08. The number of hydrogen-bond donors (Lipinski definition) is 2. The minimum Gasteiger partial charge on any atom is -0.394 e. The summed E-state index contributed by atoms with van der Waals surface area (Å²) in [6.07, 6.45) is 2.48. The number of anilines is 1. The molecule has 3 heteroatoms. The molecule has 0 radical (unpaired) electrons. The second-order valence-corrected chi connectivity index (χ2v) is 5.94. The van der Waals surface area contributed by atoms with Crippen molar-refractivity contribution in [2.75, 3.05) is 24.6 Å². The Morgan fingerprint density at radius 1 is 1.37 bits per heavy atom. The number of benzene rings is 1. The van der Waals surface area contributed by atoms with Crippen molar-refractivity contribution in [1.82, 2.24) is 5.32 Å². The van der Waals surface area contributed by atoms with Gasteiger partial charge in [-0.25, -0.2) is 0 Å². The van der Waals surface area contributed by atoms with Gasteiger partial charge >= 0.3 is 0 Å². The van der Waals surface area contributed by atoms with Gasteiger partial charge in [0.2, 0.25) is 0 Å². The zero-order chi connectivity index (χ0) is 13.9. The van der Waals surface area contributed by atoms with E-state index in [4.69, 9.17) is 0 Å². The maximum Gasteiger partial charge on any atom is 0.0628 e. The Hall–Kier alpha value is -1.06. The molecule has 106 valence electrons. The van der Waals surface area contributed by atoms with Gasteiger partial charge in [0.05, 0.1) is 12.1 Å². The summed E-state index contributed by atoms with van der Waals surface area (Å²) in [5, 5.41) is 13.3. The van der Waals surface area contributed by atoms with Crippen LogP contribution in [0.25, 0.3) is 0 Å². The standard InChI is InChI=1S/C16H26N2O/c1-4-18(15-8-6-5-7-13(15)2)11-16(3,12-19)17-14-9-10-14/h5-8,14,17,19H,4,9-12H2,1-3H3. The molecule has 0 aromatic heterocycles. The lowest BCUT2D eigenvalue weighted by Crippen LogP contribution is -2.55. The van der Waals surface area contributed by atoms with Crippen molar-refractivity contribution in [3.8, 4) is 0 Å². The monoisotopic (exact) mass is 262 g/mol. The number of nitrogens with one attached hydrogen (secondary N) is 1. The quantitative estimate of drug-likeness (QED) is 0.791. The average Bonchev–Trinajstić information content (AvgIpc) is 3.21. The Morgan fingerprint density at radius 2 is 2.05 bits per heavy atom. The highest BCUT2D eigenvalue weighted by atomic mass is 16.3. The molecule has 1 aliphatic rings. The van der Waals surface area contributed by atoms with Crippen molar-refractivity contribution < 1.29 is 5.11 Å². The smallest absolute Gasteiger partial charge is 0.0628 e. The number of hydrogen-bond acceptors (Lipinski definition) is 3. The van der Waals surface area contributed by atoms with Crippen molar-refractivity contribution in [3.63, 3.8) is 0 Å². The molecule has 1 aromatic carbocycles. The van der Waals surface area contributed by atoms with Gasteiger partial charge in [0, 0.05) is 24.8 Å². The minimum atomic E-state index is -0.223. The zero-order valence-corrected chi connectivity index (χ0v) is 12.3. The lowest BCUT2D eigenvalue weighted by atomic mass is 10.0. The highest BCUT2D eigenvalue weighted by Gasteiger charge is 2.33. The maximum atomic E-state index is 9.73. The van der Waals surface area contributed by atoms with Crippen LogP contribution in [0.4, 0.5) is 5.69 Å². The Labute approximate surface area is 116 Å². The van der Waals surface area contributed by atoms with Gasteiger partial charge in [-0.1, -0.05) is 18.2 Å². The van der Waals surface area contributed by atoms with E-state index in [1.54, 1.807) is 0 Å². The third-order valence-electron chi connectivity index (χ3n) is 3.86. The maximum absolute atomic E-state index is 9.73. The highest BCUT2D eigenvalue weighted by molar-refractivity contribution is 5.53. The molecule has 0 amide bonds. The first-order valence-electron chi connectivity index (χ1n) is 7.27. The van der Waals surface area contributed by atoms with E-state index in [2.05, 4.69) is 55.3 Å². The number of nitrogens with zero attached hydrogens (tertiary/aromatic N) is 1. The van der Waals surface area contributed by atoms with Gasteiger partial charge in [-0.15, -0.1) is 0 Å². The lowest BCUT2D eigenvalue weighted by molar-refractivity contribution is 0.176. The molecule has 0 heterocycles. The van der Waals surface area contributed by atoms with Gasteiger partial charge in [0.15, 0.2) is 0 Å². The summed E-state index contributed by atoms with van der Waals surface area (Å²) in [4.78, 5) is 2.35. The molecule has 1 aromatic rings. The van der Waals surface area contributed by atoms with Gasteiger partial charge < -0.3 is 15.3 Å². The average molecular weight is 262 g/mol. The van der Waals surface area contributed by atoms with Crippen LogP contribution in [0.2, 0.25) is 0 Å². The Balaban J connectivity index is 2.10. The van der Waals surface area contributed by atoms with Gasteiger partial charge in [0.25, 0.3) is 0 Å². The van der Waals surface area contributed by atoms with E-state index in [0.717, 1.165) is 13.1 Å². The number of aliphatic hydroxyl groups excluding tert-OH is 1. The molecule has 1 unspecified atom stereocenters. The minimum absolute atomic E-state index is 0.173. The van der Waals surface area contributed by atoms with Crippen molar-refractivity contribution in [2.24, 2.45) is 0 Å². The predicted molar refractivity (Wildman–Crippen MR) is 80.7 cm³/mol. The van der Waals surface area contributed by atoms with E-state index < -0.39 is 0 Å². The van der Waals surface area contributed by atoms with Crippen LogP contribution in [0, 0.1) is 6.92 Å². The summed E-state index contributed by atoms with van der Waals surface area (Å²) in [7, 11) is 0. The molecule has 2 N–H and O–H groups in total. The first-order valence-corrected chi connectivity index (χ1v) is 7.27. The molecule has 1 aliphatic carbocycles. The van der Waals surface area contributed by atoms with Crippen molar-refractivity contribution in [1.29, 1.82) is 0 Å². The van der Waals surface area contributed by atoms with E-state index in [0.29, 0.717) is 6.04 Å². The second-order valence-electron chi connectivity index (χ2n) is 5.94. The molecular weight excluding hydrogens is 236 g/mol. The van der Waals surface area contributed by atoms with E-state index in [1.165, 1.54) is 24.1 Å². The normalized spacial score (nSPS) is 18.1. The SMILES string of the molecule is CCN(CC(C)(CO)NC1CC1)c1ccccc1C. The van der Waals surface area contributed by atoms with Gasteiger partial charge in [-0.2, -0.15) is 0 Å².